The van der Waals surface area contributed by atoms with Crippen LogP contribution in [-0.4, -0.2) is 0 Å². The highest BCUT2D eigenvalue weighted by Gasteiger charge is 2.37. The average molecular weight is 720 g/mol. The molecule has 0 spiro atoms. The highest BCUT2D eigenvalue weighted by Crippen LogP contribution is 2.54. The SMILES string of the molecule is CC1(C)c2cc(N(c3ccc(-c4ccc(-c5cccc6c5CCCC6)cc4)cc3)c3ccccc3-c3ccccc3)ccc2-c2c(-c3ccccc3)cccc21. The third-order valence-corrected chi connectivity index (χ3v) is 12.3. The predicted octanol–water partition coefficient (Wildman–Crippen LogP) is 15.0. The smallest absolute Gasteiger partial charge is 0.0540 e. The molecule has 0 unspecified atom stereocenters. The van der Waals surface area contributed by atoms with Gasteiger partial charge in [0.2, 0.25) is 0 Å². The molecule has 1 heteroatoms. The number of nitrogens with zero attached hydrogens (tertiary/aromatic N) is 1. The maximum Gasteiger partial charge on any atom is 0.0540 e. The van der Waals surface area contributed by atoms with Crippen molar-refractivity contribution in [1.82, 2.24) is 0 Å². The monoisotopic (exact) mass is 719 g/mol. The highest BCUT2D eigenvalue weighted by molar-refractivity contribution is 5.95. The molecule has 0 atom stereocenters. The van der Waals surface area contributed by atoms with Gasteiger partial charge >= 0.3 is 0 Å². The first kappa shape index (κ1) is 34.1. The summed E-state index contributed by atoms with van der Waals surface area (Å²) in [5.41, 5.74) is 21.8. The van der Waals surface area contributed by atoms with Crippen molar-refractivity contribution in [2.24, 2.45) is 0 Å². The third-order valence-electron chi connectivity index (χ3n) is 12.3. The van der Waals surface area contributed by atoms with E-state index < -0.39 is 0 Å². The molecule has 0 saturated carbocycles. The van der Waals surface area contributed by atoms with Crippen molar-refractivity contribution < 1.29 is 0 Å². The molecule has 0 N–H and O–H groups in total. The molecule has 270 valence electrons. The summed E-state index contributed by atoms with van der Waals surface area (Å²) in [5.74, 6) is 0. The molecule has 2 aliphatic carbocycles. The zero-order valence-electron chi connectivity index (χ0n) is 32.2. The van der Waals surface area contributed by atoms with E-state index >= 15 is 0 Å². The first-order valence-corrected chi connectivity index (χ1v) is 20.1. The number of rotatable bonds is 7. The van der Waals surface area contributed by atoms with E-state index in [0.717, 1.165) is 17.1 Å². The van der Waals surface area contributed by atoms with Gasteiger partial charge in [0, 0.05) is 22.4 Å². The van der Waals surface area contributed by atoms with Crippen molar-refractivity contribution in [2.75, 3.05) is 4.90 Å². The first-order chi connectivity index (χ1) is 27.5. The maximum absolute atomic E-state index is 2.45. The number of para-hydroxylation sites is 1. The molecule has 8 aromatic rings. The van der Waals surface area contributed by atoms with Crippen LogP contribution in [0.2, 0.25) is 0 Å². The number of fused-ring (bicyclic) bond motifs is 4. The Balaban J connectivity index is 1.06. The second-order valence-corrected chi connectivity index (χ2v) is 15.9. The van der Waals surface area contributed by atoms with Gasteiger partial charge in [-0.1, -0.05) is 172 Å². The lowest BCUT2D eigenvalue weighted by Crippen LogP contribution is -2.17. The molecule has 0 radical (unpaired) electrons. The Kier molecular flexibility index (Phi) is 8.52. The molecule has 0 bridgehead atoms. The molecular formula is C55H45N. The third kappa shape index (κ3) is 5.87. The van der Waals surface area contributed by atoms with Crippen LogP contribution in [0.1, 0.15) is 48.9 Å². The lowest BCUT2D eigenvalue weighted by Gasteiger charge is -2.30. The van der Waals surface area contributed by atoms with E-state index in [1.807, 2.05) is 0 Å². The van der Waals surface area contributed by atoms with E-state index in [0.29, 0.717) is 0 Å². The van der Waals surface area contributed by atoms with Crippen LogP contribution in [0.25, 0.3) is 55.6 Å². The molecule has 0 heterocycles. The van der Waals surface area contributed by atoms with E-state index in [4.69, 9.17) is 0 Å². The van der Waals surface area contributed by atoms with Gasteiger partial charge < -0.3 is 4.90 Å². The normalized spacial score (nSPS) is 13.8. The summed E-state index contributed by atoms with van der Waals surface area (Å²) in [6, 6.07) is 69.6. The second-order valence-electron chi connectivity index (χ2n) is 15.9. The van der Waals surface area contributed by atoms with Crippen LogP contribution in [-0.2, 0) is 18.3 Å². The molecule has 0 saturated heterocycles. The summed E-state index contributed by atoms with van der Waals surface area (Å²) < 4.78 is 0. The van der Waals surface area contributed by atoms with E-state index in [1.54, 1.807) is 5.56 Å². The Morgan fingerprint density at radius 2 is 0.946 bits per heavy atom. The van der Waals surface area contributed by atoms with Crippen LogP contribution in [0.5, 0.6) is 0 Å². The van der Waals surface area contributed by atoms with E-state index in [2.05, 4.69) is 207 Å². The fraction of sp³-hybridized carbons (Fsp3) is 0.127. The summed E-state index contributed by atoms with van der Waals surface area (Å²) in [6.45, 7) is 4.76. The average Bonchev–Trinajstić information content (AvgIpc) is 3.50. The molecule has 0 amide bonds. The number of hydrogen-bond acceptors (Lipinski definition) is 1. The molecule has 8 aromatic carbocycles. The minimum Gasteiger partial charge on any atom is -0.310 e. The zero-order valence-corrected chi connectivity index (χ0v) is 32.2. The van der Waals surface area contributed by atoms with Gasteiger partial charge in [-0.25, -0.2) is 0 Å². The minimum atomic E-state index is -0.162. The van der Waals surface area contributed by atoms with Gasteiger partial charge in [-0.2, -0.15) is 0 Å². The molecular weight excluding hydrogens is 675 g/mol. The lowest BCUT2D eigenvalue weighted by atomic mass is 9.81. The fourth-order valence-corrected chi connectivity index (χ4v) is 9.43. The van der Waals surface area contributed by atoms with Crippen molar-refractivity contribution in [1.29, 1.82) is 0 Å². The van der Waals surface area contributed by atoms with Crippen LogP contribution in [0, 0.1) is 0 Å². The van der Waals surface area contributed by atoms with Crippen molar-refractivity contribution >= 4 is 17.1 Å². The molecule has 0 aliphatic heterocycles. The molecule has 0 aromatic heterocycles. The Labute approximate surface area is 331 Å². The largest absolute Gasteiger partial charge is 0.310 e. The van der Waals surface area contributed by atoms with Gasteiger partial charge in [-0.3, -0.25) is 0 Å². The van der Waals surface area contributed by atoms with Gasteiger partial charge in [0.25, 0.3) is 0 Å². The van der Waals surface area contributed by atoms with Crippen LogP contribution in [0.4, 0.5) is 17.1 Å². The van der Waals surface area contributed by atoms with E-state index in [1.165, 1.54) is 98.0 Å². The van der Waals surface area contributed by atoms with Crippen molar-refractivity contribution in [3.63, 3.8) is 0 Å². The van der Waals surface area contributed by atoms with Gasteiger partial charge in [0.15, 0.2) is 0 Å². The molecule has 56 heavy (non-hydrogen) atoms. The van der Waals surface area contributed by atoms with E-state index in [9.17, 15) is 0 Å². The summed E-state index contributed by atoms with van der Waals surface area (Å²) in [5, 5.41) is 0. The van der Waals surface area contributed by atoms with Gasteiger partial charge in [0.05, 0.1) is 5.69 Å². The zero-order chi connectivity index (χ0) is 37.6. The summed E-state index contributed by atoms with van der Waals surface area (Å²) >= 11 is 0. The Bertz CT molecular complexity index is 2690. The molecule has 2 aliphatic rings. The number of hydrogen-bond donors (Lipinski definition) is 0. The van der Waals surface area contributed by atoms with Crippen LogP contribution in [0.15, 0.2) is 188 Å². The predicted molar refractivity (Wildman–Crippen MR) is 237 cm³/mol. The Hall–Kier alpha value is -6.44. The standard InChI is InChI=1S/C55H45N/c1-55(2)51-25-14-24-49(42-17-7-4-8-18-42)54(51)50-36-35-45(37-52(50)55)56(53-26-12-11-22-48(53)41-15-5-3-6-16-41)44-33-31-39(32-34-44)38-27-29-43(30-28-38)47-23-13-20-40-19-9-10-21-46(40)47/h3-8,11-18,20,22-37H,9-10,19,21H2,1-2H3. The van der Waals surface area contributed by atoms with Gasteiger partial charge in [-0.05, 0) is 128 Å². The van der Waals surface area contributed by atoms with E-state index in [-0.39, 0.29) is 5.41 Å². The summed E-state index contributed by atoms with van der Waals surface area (Å²) in [6.07, 6.45) is 4.97. The molecule has 10 rings (SSSR count). The maximum atomic E-state index is 2.45. The van der Waals surface area contributed by atoms with Crippen LogP contribution >= 0.6 is 0 Å². The summed E-state index contributed by atoms with van der Waals surface area (Å²) in [4.78, 5) is 2.45. The highest BCUT2D eigenvalue weighted by atomic mass is 15.1. The molecule has 0 fully saturated rings. The summed E-state index contributed by atoms with van der Waals surface area (Å²) in [7, 11) is 0. The molecule has 1 nitrogen and oxygen atoms in total. The van der Waals surface area contributed by atoms with Gasteiger partial charge in [-0.15, -0.1) is 0 Å². The van der Waals surface area contributed by atoms with Crippen molar-refractivity contribution in [2.45, 2.75) is 44.9 Å². The Morgan fingerprint density at radius 3 is 1.70 bits per heavy atom. The lowest BCUT2D eigenvalue weighted by molar-refractivity contribution is 0.660. The second kappa shape index (κ2) is 14.0. The number of aryl methyl sites for hydroxylation is 1. The number of benzene rings is 8. The first-order valence-electron chi connectivity index (χ1n) is 20.1. The number of anilines is 3. The fourth-order valence-electron chi connectivity index (χ4n) is 9.43. The van der Waals surface area contributed by atoms with Crippen LogP contribution < -0.4 is 4.90 Å². The van der Waals surface area contributed by atoms with Crippen molar-refractivity contribution in [3.05, 3.63) is 210 Å². The Morgan fingerprint density at radius 1 is 0.393 bits per heavy atom. The van der Waals surface area contributed by atoms with Crippen LogP contribution in [0.3, 0.4) is 0 Å². The minimum absolute atomic E-state index is 0.162. The van der Waals surface area contributed by atoms with Crippen molar-refractivity contribution in [3.8, 4) is 55.6 Å². The topological polar surface area (TPSA) is 3.24 Å². The van der Waals surface area contributed by atoms with Gasteiger partial charge in [0.1, 0.15) is 0 Å². The quantitative estimate of drug-likeness (QED) is 0.159.